The Morgan fingerprint density at radius 1 is 0.200 bits per heavy atom. The van der Waals surface area contributed by atoms with Gasteiger partial charge in [0.05, 0.1) is 0 Å². The molecule has 0 heteroatoms. The maximum atomic E-state index is 2.31. The molecule has 0 bridgehead atoms. The minimum absolute atomic E-state index is 1.18. The number of unbranched alkanes of at least 4 members (excludes halogenated alkanes) is 6. The fraction of sp³-hybridized carbons (Fsp3) is 0.200. The highest BCUT2D eigenvalue weighted by atomic mass is 14.1. The van der Waals surface area contributed by atoms with Gasteiger partial charge in [-0.2, -0.15) is 0 Å². The van der Waals surface area contributed by atoms with E-state index in [0.717, 1.165) is 0 Å². The second-order valence-corrected chi connectivity index (χ2v) is 12.3. The minimum atomic E-state index is 1.18. The average molecular weight is 585 g/mol. The Balaban J connectivity index is 0.839. The first-order valence-corrected chi connectivity index (χ1v) is 16.8. The number of hydrogen-bond donors (Lipinski definition) is 0. The van der Waals surface area contributed by atoms with Gasteiger partial charge in [-0.05, 0) is 81.3 Å². The Bertz CT molecular complexity index is 1560. The topological polar surface area (TPSA) is 0 Å². The van der Waals surface area contributed by atoms with Gasteiger partial charge >= 0.3 is 0 Å². The summed E-state index contributed by atoms with van der Waals surface area (Å²) in [4.78, 5) is 0. The first kappa shape index (κ1) is 30.4. The van der Waals surface area contributed by atoms with Crippen molar-refractivity contribution >= 4 is 0 Å². The van der Waals surface area contributed by atoms with Crippen LogP contribution in [0.5, 0.6) is 0 Å². The molecular formula is C45H44. The molecule has 0 aromatic heterocycles. The Hall–Kier alpha value is -4.68. The normalized spacial score (nSPS) is 11.0. The molecule has 224 valence electrons. The molecule has 0 saturated carbocycles. The fourth-order valence-electron chi connectivity index (χ4n) is 6.24. The summed E-state index contributed by atoms with van der Waals surface area (Å²) in [5.41, 5.74) is 13.1. The third-order valence-electron chi connectivity index (χ3n) is 8.99. The van der Waals surface area contributed by atoms with Crippen molar-refractivity contribution in [2.24, 2.45) is 0 Å². The Kier molecular flexibility index (Phi) is 10.7. The lowest BCUT2D eigenvalue weighted by Gasteiger charge is -2.07. The number of rotatable bonds is 14. The molecule has 6 aromatic carbocycles. The summed E-state index contributed by atoms with van der Waals surface area (Å²) < 4.78 is 0. The number of benzene rings is 6. The van der Waals surface area contributed by atoms with Crippen LogP contribution in [0.3, 0.4) is 0 Å². The van der Waals surface area contributed by atoms with Crippen LogP contribution in [0.15, 0.2) is 158 Å². The van der Waals surface area contributed by atoms with Crippen molar-refractivity contribution < 1.29 is 0 Å². The monoisotopic (exact) mass is 584 g/mol. The molecule has 0 aliphatic heterocycles. The van der Waals surface area contributed by atoms with E-state index in [0.29, 0.717) is 0 Å². The van der Waals surface area contributed by atoms with Crippen molar-refractivity contribution in [3.8, 4) is 44.5 Å². The molecule has 0 radical (unpaired) electrons. The molecule has 0 heterocycles. The lowest BCUT2D eigenvalue weighted by atomic mass is 9.98. The molecule has 0 amide bonds. The quantitative estimate of drug-likeness (QED) is 0.112. The predicted molar refractivity (Wildman–Crippen MR) is 194 cm³/mol. The van der Waals surface area contributed by atoms with Gasteiger partial charge in [0.15, 0.2) is 0 Å². The lowest BCUT2D eigenvalue weighted by Crippen LogP contribution is -1.89. The van der Waals surface area contributed by atoms with E-state index in [1.807, 2.05) is 0 Å². The van der Waals surface area contributed by atoms with Crippen LogP contribution in [0, 0.1) is 0 Å². The molecule has 0 N–H and O–H groups in total. The van der Waals surface area contributed by atoms with E-state index in [9.17, 15) is 0 Å². The molecule has 6 rings (SSSR count). The Morgan fingerprint density at radius 2 is 0.422 bits per heavy atom. The summed E-state index contributed by atoms with van der Waals surface area (Å²) >= 11 is 0. The van der Waals surface area contributed by atoms with Gasteiger partial charge in [-0.1, -0.05) is 190 Å². The van der Waals surface area contributed by atoms with Crippen LogP contribution in [-0.2, 0) is 12.8 Å². The molecule has 6 aromatic rings. The zero-order valence-electron chi connectivity index (χ0n) is 26.4. The fourth-order valence-corrected chi connectivity index (χ4v) is 6.24. The summed E-state index contributed by atoms with van der Waals surface area (Å²) in [7, 11) is 0. The highest BCUT2D eigenvalue weighted by Gasteiger charge is 2.03. The smallest absolute Gasteiger partial charge is 0.0184 e. The van der Waals surface area contributed by atoms with Crippen molar-refractivity contribution in [2.45, 2.75) is 57.8 Å². The summed E-state index contributed by atoms with van der Waals surface area (Å²) in [6, 6.07) is 57.4. The molecule has 0 aliphatic rings. The van der Waals surface area contributed by atoms with Crippen LogP contribution in [0.2, 0.25) is 0 Å². The predicted octanol–water partition coefficient (Wildman–Crippen LogP) is 12.9. The zero-order chi connectivity index (χ0) is 30.5. The minimum Gasteiger partial charge on any atom is -0.0622 e. The molecule has 0 spiro atoms. The van der Waals surface area contributed by atoms with Gasteiger partial charge in [0, 0.05) is 0 Å². The Labute approximate surface area is 270 Å². The van der Waals surface area contributed by atoms with Gasteiger partial charge in [0.2, 0.25) is 0 Å². The van der Waals surface area contributed by atoms with Crippen LogP contribution in [0.1, 0.15) is 56.1 Å². The molecule has 0 aliphatic carbocycles. The molecule has 0 nitrogen and oxygen atoms in total. The highest BCUT2D eigenvalue weighted by molar-refractivity contribution is 5.71. The second-order valence-electron chi connectivity index (χ2n) is 12.3. The number of hydrogen-bond acceptors (Lipinski definition) is 0. The molecule has 0 atom stereocenters. The van der Waals surface area contributed by atoms with Gasteiger partial charge in [0.1, 0.15) is 0 Å². The second kappa shape index (κ2) is 15.9. The maximum absolute atomic E-state index is 2.31. The highest BCUT2D eigenvalue weighted by Crippen LogP contribution is 2.27. The third kappa shape index (κ3) is 8.70. The lowest BCUT2D eigenvalue weighted by molar-refractivity contribution is 0.579. The number of aryl methyl sites for hydroxylation is 2. The van der Waals surface area contributed by atoms with Crippen LogP contribution >= 0.6 is 0 Å². The van der Waals surface area contributed by atoms with Crippen molar-refractivity contribution in [2.75, 3.05) is 0 Å². The van der Waals surface area contributed by atoms with Crippen molar-refractivity contribution in [1.29, 1.82) is 0 Å². The van der Waals surface area contributed by atoms with Crippen LogP contribution in [-0.4, -0.2) is 0 Å². The summed E-state index contributed by atoms with van der Waals surface area (Å²) in [5, 5.41) is 0. The summed E-state index contributed by atoms with van der Waals surface area (Å²) in [6.45, 7) is 0. The van der Waals surface area contributed by atoms with E-state index in [-0.39, 0.29) is 0 Å². The van der Waals surface area contributed by atoms with Crippen LogP contribution in [0.4, 0.5) is 0 Å². The van der Waals surface area contributed by atoms with Gasteiger partial charge in [-0.15, -0.1) is 0 Å². The van der Waals surface area contributed by atoms with E-state index in [1.54, 1.807) is 0 Å². The zero-order valence-corrected chi connectivity index (χ0v) is 26.4. The van der Waals surface area contributed by atoms with E-state index >= 15 is 0 Å². The van der Waals surface area contributed by atoms with Crippen molar-refractivity contribution in [3.63, 3.8) is 0 Å². The van der Waals surface area contributed by atoms with Crippen molar-refractivity contribution in [3.05, 3.63) is 169 Å². The first-order valence-electron chi connectivity index (χ1n) is 16.8. The van der Waals surface area contributed by atoms with Gasteiger partial charge in [0.25, 0.3) is 0 Å². The van der Waals surface area contributed by atoms with Gasteiger partial charge in [-0.3, -0.25) is 0 Å². The molecule has 45 heavy (non-hydrogen) atoms. The van der Waals surface area contributed by atoms with Gasteiger partial charge in [-0.25, -0.2) is 0 Å². The SMILES string of the molecule is c1ccc(-c2ccc(-c3ccc(CCCCCCCCCc4ccc(-c5ccc(-c6ccccc6)cc5)cc4)cc3)cc2)cc1. The van der Waals surface area contributed by atoms with E-state index < -0.39 is 0 Å². The summed E-state index contributed by atoms with van der Waals surface area (Å²) in [5.74, 6) is 0. The standard InChI is InChI=1S/C45H44/c1(2-4-8-14-36-20-24-40(25-21-36)44-32-28-42(29-33-44)38-16-10-6-11-17-38)3-5-9-15-37-22-26-41(27-23-37)45-34-30-43(31-35-45)39-18-12-7-13-19-39/h6-7,10-13,16-35H,1-5,8-9,14-15H2. The van der Waals surface area contributed by atoms with Gasteiger partial charge < -0.3 is 0 Å². The third-order valence-corrected chi connectivity index (χ3v) is 8.99. The largest absolute Gasteiger partial charge is 0.0622 e. The van der Waals surface area contributed by atoms with E-state index in [2.05, 4.69) is 158 Å². The van der Waals surface area contributed by atoms with Crippen molar-refractivity contribution in [1.82, 2.24) is 0 Å². The molecule has 0 unspecified atom stereocenters. The average Bonchev–Trinajstić information content (AvgIpc) is 3.12. The molecule has 0 fully saturated rings. The maximum Gasteiger partial charge on any atom is -0.0184 e. The Morgan fingerprint density at radius 3 is 0.711 bits per heavy atom. The van der Waals surface area contributed by atoms with Crippen LogP contribution in [0.25, 0.3) is 44.5 Å². The van der Waals surface area contributed by atoms with E-state index in [1.165, 1.54) is 113 Å². The van der Waals surface area contributed by atoms with E-state index in [4.69, 9.17) is 0 Å². The summed E-state index contributed by atoms with van der Waals surface area (Å²) in [6.07, 6.45) is 11.6. The first-order chi connectivity index (χ1) is 22.3. The molecular weight excluding hydrogens is 540 g/mol. The molecule has 0 saturated heterocycles. The van der Waals surface area contributed by atoms with Crippen LogP contribution < -0.4 is 0 Å².